The Hall–Kier alpha value is -2.08. The number of amides is 1. The van der Waals surface area contributed by atoms with Gasteiger partial charge in [0.25, 0.3) is 0 Å². The Bertz CT molecular complexity index is 448. The van der Waals surface area contributed by atoms with Gasteiger partial charge in [-0.3, -0.25) is 9.59 Å². The number of hydrogen-bond donors (Lipinski definition) is 3. The molecule has 0 spiro atoms. The zero-order valence-electron chi connectivity index (χ0n) is 11.0. The lowest BCUT2D eigenvalue weighted by Gasteiger charge is -2.11. The third-order valence-corrected chi connectivity index (χ3v) is 2.55. The van der Waals surface area contributed by atoms with Crippen LogP contribution in [-0.2, 0) is 9.59 Å². The van der Waals surface area contributed by atoms with E-state index in [2.05, 4.69) is 10.6 Å². The van der Waals surface area contributed by atoms with Gasteiger partial charge in [-0.1, -0.05) is 12.1 Å². The predicted octanol–water partition coefficient (Wildman–Crippen LogP) is 1.09. The summed E-state index contributed by atoms with van der Waals surface area (Å²) in [6.07, 6.45) is 0.190. The van der Waals surface area contributed by atoms with Crippen LogP contribution < -0.4 is 15.4 Å². The van der Waals surface area contributed by atoms with E-state index in [-0.39, 0.29) is 12.3 Å². The normalized spacial score (nSPS) is 11.7. The quantitative estimate of drug-likeness (QED) is 0.687. The van der Waals surface area contributed by atoms with Crippen LogP contribution in [0.3, 0.4) is 0 Å². The molecule has 0 saturated heterocycles. The Balaban J connectivity index is 2.41. The minimum absolute atomic E-state index is 0.190. The van der Waals surface area contributed by atoms with Crippen LogP contribution in [0.5, 0.6) is 5.75 Å². The fourth-order valence-corrected chi connectivity index (χ4v) is 1.45. The minimum Gasteiger partial charge on any atom is -0.495 e. The summed E-state index contributed by atoms with van der Waals surface area (Å²) in [4.78, 5) is 22.2. The van der Waals surface area contributed by atoms with Crippen molar-refractivity contribution >= 4 is 17.6 Å². The number of hydrogen-bond acceptors (Lipinski definition) is 4. The third-order valence-electron chi connectivity index (χ3n) is 2.55. The number of carbonyl (C=O) groups is 2. The van der Waals surface area contributed by atoms with Crippen molar-refractivity contribution < 1.29 is 19.4 Å². The maximum Gasteiger partial charge on any atom is 0.320 e. The monoisotopic (exact) mass is 266 g/mol. The molecule has 1 aromatic rings. The van der Waals surface area contributed by atoms with Crippen LogP contribution in [0.4, 0.5) is 5.69 Å². The van der Waals surface area contributed by atoms with Crippen molar-refractivity contribution in [3.63, 3.8) is 0 Å². The molecule has 0 aliphatic rings. The molecule has 0 heterocycles. The van der Waals surface area contributed by atoms with Gasteiger partial charge in [-0.15, -0.1) is 0 Å². The van der Waals surface area contributed by atoms with Crippen molar-refractivity contribution in [2.45, 2.75) is 19.4 Å². The molecule has 19 heavy (non-hydrogen) atoms. The topological polar surface area (TPSA) is 87.7 Å². The van der Waals surface area contributed by atoms with Gasteiger partial charge in [-0.25, -0.2) is 0 Å². The van der Waals surface area contributed by atoms with Crippen LogP contribution in [0, 0.1) is 0 Å². The summed E-state index contributed by atoms with van der Waals surface area (Å²) in [7, 11) is 1.53. The maximum absolute atomic E-state index is 11.7. The summed E-state index contributed by atoms with van der Waals surface area (Å²) in [5.74, 6) is -0.553. The lowest BCUT2D eigenvalue weighted by Crippen LogP contribution is -2.35. The summed E-state index contributed by atoms with van der Waals surface area (Å²) in [5.41, 5.74) is 0.598. The van der Waals surface area contributed by atoms with Crippen molar-refractivity contribution in [2.75, 3.05) is 19.0 Å². The molecule has 0 unspecified atom stereocenters. The van der Waals surface area contributed by atoms with E-state index in [1.165, 1.54) is 14.0 Å². The molecule has 6 heteroatoms. The van der Waals surface area contributed by atoms with Crippen LogP contribution in [0.15, 0.2) is 24.3 Å². The molecule has 0 radical (unpaired) electrons. The van der Waals surface area contributed by atoms with Crippen LogP contribution in [0.1, 0.15) is 13.3 Å². The molecule has 0 saturated carbocycles. The van der Waals surface area contributed by atoms with Gasteiger partial charge in [0, 0.05) is 13.0 Å². The first kappa shape index (κ1) is 15.0. The van der Waals surface area contributed by atoms with Crippen molar-refractivity contribution in [2.24, 2.45) is 0 Å². The molecule has 1 amide bonds. The number of benzene rings is 1. The number of carbonyl (C=O) groups excluding carboxylic acids is 1. The molecule has 0 aromatic heterocycles. The lowest BCUT2D eigenvalue weighted by atomic mass is 10.2. The number of carboxylic acids is 1. The number of nitrogens with one attached hydrogen (secondary N) is 2. The fraction of sp³-hybridized carbons (Fsp3) is 0.385. The maximum atomic E-state index is 11.7. The highest BCUT2D eigenvalue weighted by Crippen LogP contribution is 2.22. The third kappa shape index (κ3) is 4.97. The van der Waals surface area contributed by atoms with Gasteiger partial charge in [-0.2, -0.15) is 0 Å². The Labute approximate surface area is 111 Å². The zero-order valence-corrected chi connectivity index (χ0v) is 11.0. The van der Waals surface area contributed by atoms with E-state index in [9.17, 15) is 9.59 Å². The highest BCUT2D eigenvalue weighted by molar-refractivity contribution is 5.92. The number of methoxy groups -OCH3 is 1. The number of carboxylic acid groups (broad SMARTS) is 1. The standard InChI is InChI=1S/C13H18N2O4/c1-9(13(17)18)14-8-7-12(16)15-10-5-3-4-6-11(10)19-2/h3-6,9,14H,7-8H2,1-2H3,(H,15,16)(H,17,18)/t9-/m0/s1. The Kier molecular flexibility index (Phi) is 5.81. The van der Waals surface area contributed by atoms with Crippen LogP contribution in [-0.4, -0.2) is 36.7 Å². The molecule has 6 nitrogen and oxygen atoms in total. The molecule has 104 valence electrons. The van der Waals surface area contributed by atoms with Crippen molar-refractivity contribution in [3.05, 3.63) is 24.3 Å². The Morgan fingerprint density at radius 3 is 2.68 bits per heavy atom. The second-order valence-corrected chi connectivity index (χ2v) is 4.01. The van der Waals surface area contributed by atoms with E-state index in [1.807, 2.05) is 6.07 Å². The smallest absolute Gasteiger partial charge is 0.320 e. The first-order valence-electron chi connectivity index (χ1n) is 5.93. The van der Waals surface area contributed by atoms with Gasteiger partial charge in [0.05, 0.1) is 12.8 Å². The van der Waals surface area contributed by atoms with E-state index >= 15 is 0 Å². The number of para-hydroxylation sites is 2. The minimum atomic E-state index is -0.940. The molecule has 0 fully saturated rings. The Morgan fingerprint density at radius 1 is 1.37 bits per heavy atom. The van der Waals surface area contributed by atoms with Crippen molar-refractivity contribution in [1.82, 2.24) is 5.32 Å². The first-order chi connectivity index (χ1) is 9.04. The first-order valence-corrected chi connectivity index (χ1v) is 5.93. The molecule has 1 aromatic carbocycles. The van der Waals surface area contributed by atoms with Crippen molar-refractivity contribution in [1.29, 1.82) is 0 Å². The summed E-state index contributed by atoms with van der Waals surface area (Å²) < 4.78 is 5.11. The number of anilines is 1. The molecule has 0 aliphatic heterocycles. The van der Waals surface area contributed by atoms with Crippen LogP contribution in [0.25, 0.3) is 0 Å². The molecular weight excluding hydrogens is 248 g/mol. The average molecular weight is 266 g/mol. The number of ether oxygens (including phenoxy) is 1. The zero-order chi connectivity index (χ0) is 14.3. The molecular formula is C13H18N2O4. The average Bonchev–Trinajstić information content (AvgIpc) is 2.39. The second kappa shape index (κ2) is 7.38. The highest BCUT2D eigenvalue weighted by Gasteiger charge is 2.11. The largest absolute Gasteiger partial charge is 0.495 e. The van der Waals surface area contributed by atoms with Gasteiger partial charge in [0.2, 0.25) is 5.91 Å². The SMILES string of the molecule is COc1ccccc1NC(=O)CCN[C@@H](C)C(=O)O. The summed E-state index contributed by atoms with van der Waals surface area (Å²) in [6.45, 7) is 1.83. The molecule has 1 rings (SSSR count). The van der Waals surface area contributed by atoms with E-state index in [1.54, 1.807) is 18.2 Å². The fourth-order valence-electron chi connectivity index (χ4n) is 1.45. The van der Waals surface area contributed by atoms with Gasteiger partial charge in [0.15, 0.2) is 0 Å². The molecule has 0 aliphatic carbocycles. The van der Waals surface area contributed by atoms with Gasteiger partial charge < -0.3 is 20.5 Å². The molecule has 1 atom stereocenters. The number of aliphatic carboxylic acids is 1. The summed E-state index contributed by atoms with van der Waals surface area (Å²) in [6, 6.07) is 6.43. The van der Waals surface area contributed by atoms with E-state index < -0.39 is 12.0 Å². The van der Waals surface area contributed by atoms with E-state index in [0.29, 0.717) is 18.0 Å². The lowest BCUT2D eigenvalue weighted by molar-refractivity contribution is -0.139. The summed E-state index contributed by atoms with van der Waals surface area (Å²) >= 11 is 0. The van der Waals surface area contributed by atoms with Gasteiger partial charge >= 0.3 is 5.97 Å². The van der Waals surface area contributed by atoms with Gasteiger partial charge in [0.1, 0.15) is 11.8 Å². The molecule has 3 N–H and O–H groups in total. The highest BCUT2D eigenvalue weighted by atomic mass is 16.5. The van der Waals surface area contributed by atoms with Crippen LogP contribution >= 0.6 is 0 Å². The second-order valence-electron chi connectivity index (χ2n) is 4.01. The Morgan fingerprint density at radius 2 is 2.05 bits per heavy atom. The van der Waals surface area contributed by atoms with Crippen molar-refractivity contribution in [3.8, 4) is 5.75 Å². The van der Waals surface area contributed by atoms with Crippen LogP contribution in [0.2, 0.25) is 0 Å². The van der Waals surface area contributed by atoms with E-state index in [0.717, 1.165) is 0 Å². The van der Waals surface area contributed by atoms with E-state index in [4.69, 9.17) is 9.84 Å². The number of rotatable bonds is 7. The van der Waals surface area contributed by atoms with Gasteiger partial charge in [-0.05, 0) is 19.1 Å². The molecule has 0 bridgehead atoms. The predicted molar refractivity (Wildman–Crippen MR) is 71.3 cm³/mol. The summed E-state index contributed by atoms with van der Waals surface area (Å²) in [5, 5.41) is 14.1.